The number of nitrogens with zero attached hydrogens (tertiary/aromatic N) is 3. The summed E-state index contributed by atoms with van der Waals surface area (Å²) >= 11 is 0. The van der Waals surface area contributed by atoms with Gasteiger partial charge in [0.05, 0.1) is 6.20 Å². The zero-order chi connectivity index (χ0) is 11.7. The van der Waals surface area contributed by atoms with Gasteiger partial charge in [0.15, 0.2) is 11.8 Å². The van der Waals surface area contributed by atoms with Crippen molar-refractivity contribution in [3.8, 4) is 5.88 Å². The van der Waals surface area contributed by atoms with Gasteiger partial charge in [0.25, 0.3) is 0 Å². The molecule has 1 N–H and O–H groups in total. The van der Waals surface area contributed by atoms with Gasteiger partial charge in [0, 0.05) is 17.8 Å². The van der Waals surface area contributed by atoms with Gasteiger partial charge in [-0.1, -0.05) is 0 Å². The van der Waals surface area contributed by atoms with Crippen molar-refractivity contribution in [2.75, 3.05) is 0 Å². The quantitative estimate of drug-likeness (QED) is 0.832. The predicted molar refractivity (Wildman–Crippen MR) is 55.4 cm³/mol. The average Bonchev–Trinajstić information content (AvgIpc) is 2.65. The summed E-state index contributed by atoms with van der Waals surface area (Å²) in [5.74, 6) is -0.642. The standard InChI is InChI=1S/C10H11N3O3/c1-6-5-9(16-7(2)10(14)15)13-8(12-6)3-4-11-13/h3-5,7H,1-2H3,(H,14,15). The third-order valence-electron chi connectivity index (χ3n) is 2.10. The minimum absolute atomic E-state index is 0.377. The normalized spacial score (nSPS) is 12.6. The Morgan fingerprint density at radius 1 is 1.62 bits per heavy atom. The van der Waals surface area contributed by atoms with Gasteiger partial charge >= 0.3 is 5.97 Å². The van der Waals surface area contributed by atoms with E-state index in [1.54, 1.807) is 18.3 Å². The molecule has 16 heavy (non-hydrogen) atoms. The first-order chi connectivity index (χ1) is 7.58. The molecule has 1 atom stereocenters. The molecule has 0 radical (unpaired) electrons. The lowest BCUT2D eigenvalue weighted by molar-refractivity contribution is -0.144. The molecular weight excluding hydrogens is 210 g/mol. The van der Waals surface area contributed by atoms with Gasteiger partial charge in [-0.25, -0.2) is 9.78 Å². The lowest BCUT2D eigenvalue weighted by atomic mass is 10.4. The number of aromatic nitrogens is 3. The number of hydrogen-bond acceptors (Lipinski definition) is 4. The molecule has 0 aliphatic carbocycles. The molecule has 0 bridgehead atoms. The van der Waals surface area contributed by atoms with Crippen molar-refractivity contribution in [3.05, 3.63) is 24.0 Å². The molecule has 0 spiro atoms. The maximum Gasteiger partial charge on any atom is 0.344 e. The summed E-state index contributed by atoms with van der Waals surface area (Å²) in [6, 6.07) is 3.38. The Bertz CT molecular complexity index is 535. The van der Waals surface area contributed by atoms with Crippen molar-refractivity contribution >= 4 is 11.6 Å². The molecule has 0 fully saturated rings. The first kappa shape index (κ1) is 10.4. The summed E-state index contributed by atoms with van der Waals surface area (Å²) in [5.41, 5.74) is 1.38. The number of carboxylic acid groups (broad SMARTS) is 1. The van der Waals surface area contributed by atoms with Crippen molar-refractivity contribution in [3.63, 3.8) is 0 Å². The van der Waals surface area contributed by atoms with Crippen LogP contribution in [-0.4, -0.2) is 31.8 Å². The minimum Gasteiger partial charge on any atom is -0.479 e. The summed E-state index contributed by atoms with van der Waals surface area (Å²) in [6.07, 6.45) is 0.661. The zero-order valence-electron chi connectivity index (χ0n) is 8.91. The van der Waals surface area contributed by atoms with Crippen LogP contribution in [0.2, 0.25) is 0 Å². The summed E-state index contributed by atoms with van der Waals surface area (Å²) in [4.78, 5) is 14.9. The van der Waals surface area contributed by atoms with Gasteiger partial charge in [-0.3, -0.25) is 0 Å². The fourth-order valence-corrected chi connectivity index (χ4v) is 1.32. The number of rotatable bonds is 3. The summed E-state index contributed by atoms with van der Waals surface area (Å²) in [7, 11) is 0. The molecule has 84 valence electrons. The molecule has 0 aliphatic rings. The lowest BCUT2D eigenvalue weighted by Crippen LogP contribution is -2.24. The van der Waals surface area contributed by atoms with E-state index in [4.69, 9.17) is 9.84 Å². The number of ether oxygens (including phenoxy) is 1. The average molecular weight is 221 g/mol. The third-order valence-corrected chi connectivity index (χ3v) is 2.10. The van der Waals surface area contributed by atoms with Crippen LogP contribution < -0.4 is 4.74 Å². The molecule has 1 unspecified atom stereocenters. The number of carbonyl (C=O) groups is 1. The monoisotopic (exact) mass is 221 g/mol. The van der Waals surface area contributed by atoms with Gasteiger partial charge < -0.3 is 9.84 Å². The number of aryl methyl sites for hydroxylation is 1. The molecule has 2 heterocycles. The van der Waals surface area contributed by atoms with Crippen LogP contribution in [0.3, 0.4) is 0 Å². The summed E-state index contributed by atoms with van der Waals surface area (Å²) in [5, 5.41) is 12.8. The molecule has 2 aromatic heterocycles. The molecule has 6 heteroatoms. The second-order valence-electron chi connectivity index (χ2n) is 3.44. The highest BCUT2D eigenvalue weighted by atomic mass is 16.5. The van der Waals surface area contributed by atoms with Gasteiger partial charge in [0.2, 0.25) is 5.88 Å². The second-order valence-corrected chi connectivity index (χ2v) is 3.44. The Balaban J connectivity index is 2.42. The van der Waals surface area contributed by atoms with E-state index in [-0.39, 0.29) is 0 Å². The van der Waals surface area contributed by atoms with E-state index in [1.807, 2.05) is 6.92 Å². The predicted octanol–water partition coefficient (Wildman–Crippen LogP) is 0.890. The van der Waals surface area contributed by atoms with E-state index >= 15 is 0 Å². The van der Waals surface area contributed by atoms with E-state index in [9.17, 15) is 4.79 Å². The van der Waals surface area contributed by atoms with Crippen LogP contribution in [0.5, 0.6) is 5.88 Å². The number of carboxylic acids is 1. The fraction of sp³-hybridized carbons (Fsp3) is 0.300. The molecule has 0 saturated carbocycles. The van der Waals surface area contributed by atoms with Crippen LogP contribution in [0.1, 0.15) is 12.6 Å². The molecular formula is C10H11N3O3. The number of aliphatic carboxylic acids is 1. The smallest absolute Gasteiger partial charge is 0.344 e. The lowest BCUT2D eigenvalue weighted by Gasteiger charge is -2.11. The topological polar surface area (TPSA) is 76.7 Å². The molecule has 0 aromatic carbocycles. The fourth-order valence-electron chi connectivity index (χ4n) is 1.32. The molecule has 2 aromatic rings. The van der Waals surface area contributed by atoms with E-state index < -0.39 is 12.1 Å². The number of hydrogen-bond donors (Lipinski definition) is 1. The second kappa shape index (κ2) is 3.80. The zero-order valence-corrected chi connectivity index (χ0v) is 8.91. The maximum atomic E-state index is 10.7. The van der Waals surface area contributed by atoms with Crippen LogP contribution in [0, 0.1) is 6.92 Å². The van der Waals surface area contributed by atoms with E-state index in [2.05, 4.69) is 10.1 Å². The van der Waals surface area contributed by atoms with Gasteiger partial charge in [-0.05, 0) is 13.8 Å². The van der Waals surface area contributed by atoms with E-state index in [1.165, 1.54) is 11.4 Å². The van der Waals surface area contributed by atoms with Crippen molar-refractivity contribution in [1.82, 2.24) is 14.6 Å². The first-order valence-electron chi connectivity index (χ1n) is 4.79. The van der Waals surface area contributed by atoms with Crippen LogP contribution in [0.25, 0.3) is 5.65 Å². The van der Waals surface area contributed by atoms with E-state index in [0.717, 1.165) is 5.69 Å². The largest absolute Gasteiger partial charge is 0.479 e. The maximum absolute atomic E-state index is 10.7. The number of fused-ring (bicyclic) bond motifs is 1. The SMILES string of the molecule is Cc1cc(OC(C)C(=O)O)n2nccc2n1. The highest BCUT2D eigenvalue weighted by Gasteiger charge is 2.15. The van der Waals surface area contributed by atoms with Crippen molar-refractivity contribution in [2.24, 2.45) is 0 Å². The van der Waals surface area contributed by atoms with Crippen LogP contribution >= 0.6 is 0 Å². The Morgan fingerprint density at radius 3 is 3.06 bits per heavy atom. The van der Waals surface area contributed by atoms with Crippen molar-refractivity contribution in [2.45, 2.75) is 20.0 Å². The highest BCUT2D eigenvalue weighted by Crippen LogP contribution is 2.15. The third kappa shape index (κ3) is 1.81. The molecule has 2 rings (SSSR count). The minimum atomic E-state index is -1.02. The van der Waals surface area contributed by atoms with E-state index in [0.29, 0.717) is 11.5 Å². The summed E-state index contributed by atoms with van der Waals surface area (Å²) < 4.78 is 6.75. The van der Waals surface area contributed by atoms with Gasteiger partial charge in [-0.15, -0.1) is 0 Å². The van der Waals surface area contributed by atoms with Gasteiger partial charge in [0.1, 0.15) is 0 Å². The molecule has 0 amide bonds. The van der Waals surface area contributed by atoms with Gasteiger partial charge in [-0.2, -0.15) is 9.61 Å². The van der Waals surface area contributed by atoms with Crippen molar-refractivity contribution < 1.29 is 14.6 Å². The molecule has 6 nitrogen and oxygen atoms in total. The van der Waals surface area contributed by atoms with Crippen LogP contribution in [-0.2, 0) is 4.79 Å². The Labute approximate surface area is 91.5 Å². The molecule has 0 aliphatic heterocycles. The highest BCUT2D eigenvalue weighted by molar-refractivity contribution is 5.72. The summed E-state index contributed by atoms with van der Waals surface area (Å²) in [6.45, 7) is 3.28. The Hall–Kier alpha value is -2.11. The van der Waals surface area contributed by atoms with Crippen molar-refractivity contribution in [1.29, 1.82) is 0 Å². The molecule has 0 saturated heterocycles. The Morgan fingerprint density at radius 2 is 2.38 bits per heavy atom. The van der Waals surface area contributed by atoms with Crippen LogP contribution in [0.15, 0.2) is 18.3 Å². The first-order valence-corrected chi connectivity index (χ1v) is 4.79. The van der Waals surface area contributed by atoms with Crippen LogP contribution in [0.4, 0.5) is 0 Å². The Kier molecular flexibility index (Phi) is 2.47.